The minimum absolute atomic E-state index is 0. The van der Waals surface area contributed by atoms with Gasteiger partial charge in [-0.1, -0.05) is 33.2 Å². The SMILES string of the molecule is Cc1[c-]cccc1.Cc1[c-]cccc1.Cc1[c-]cccc1.[Ir].[c-]1ccccn1. The van der Waals surface area contributed by atoms with Crippen LogP contribution in [0.25, 0.3) is 0 Å². The number of nitrogens with zero attached hydrogens (tertiary/aromatic N) is 1. The Bertz CT molecular complexity index is 673. The molecule has 4 rings (SSSR count). The Hall–Kier alpha value is -2.54. The summed E-state index contributed by atoms with van der Waals surface area (Å²) in [6.07, 6.45) is 4.34. The fraction of sp³-hybridized carbons (Fsp3) is 0.115. The predicted octanol–water partition coefficient (Wildman–Crippen LogP) is 6.26. The normalized spacial score (nSPS) is 8.25. The summed E-state index contributed by atoms with van der Waals surface area (Å²) in [5, 5.41) is 0. The number of aromatic nitrogens is 1. The summed E-state index contributed by atoms with van der Waals surface area (Å²) in [5.74, 6) is 0. The van der Waals surface area contributed by atoms with Gasteiger partial charge in [0, 0.05) is 20.1 Å². The van der Waals surface area contributed by atoms with E-state index in [9.17, 15) is 0 Å². The van der Waals surface area contributed by atoms with Crippen molar-refractivity contribution in [3.05, 3.63) is 138 Å². The summed E-state index contributed by atoms with van der Waals surface area (Å²) < 4.78 is 0. The molecule has 0 amide bonds. The van der Waals surface area contributed by atoms with Gasteiger partial charge in [0.15, 0.2) is 0 Å². The molecule has 1 radical (unpaired) electrons. The van der Waals surface area contributed by atoms with Gasteiger partial charge in [-0.05, 0) is 0 Å². The van der Waals surface area contributed by atoms with E-state index >= 15 is 0 Å². The molecule has 0 atom stereocenters. The number of hydrogen-bond donors (Lipinski definition) is 0. The molecule has 0 aliphatic carbocycles. The van der Waals surface area contributed by atoms with E-state index in [-0.39, 0.29) is 20.1 Å². The molecule has 1 nitrogen and oxygen atoms in total. The Morgan fingerprint density at radius 2 is 0.929 bits per heavy atom. The topological polar surface area (TPSA) is 12.9 Å². The summed E-state index contributed by atoms with van der Waals surface area (Å²) in [6.45, 7) is 6.08. The Balaban J connectivity index is 0.000000344. The molecule has 2 heteroatoms. The summed E-state index contributed by atoms with van der Waals surface area (Å²) in [6, 6.07) is 38.3. The first-order valence-electron chi connectivity index (χ1n) is 8.75. The van der Waals surface area contributed by atoms with E-state index in [0.717, 1.165) is 0 Å². The maximum absolute atomic E-state index is 3.66. The van der Waals surface area contributed by atoms with Crippen LogP contribution in [0.2, 0.25) is 0 Å². The molecule has 1 aromatic heterocycles. The summed E-state index contributed by atoms with van der Waals surface area (Å²) in [7, 11) is 0. The molecule has 0 bridgehead atoms. The summed E-state index contributed by atoms with van der Waals surface area (Å²) in [5.41, 5.74) is 3.59. The minimum atomic E-state index is 0. The van der Waals surface area contributed by atoms with Crippen LogP contribution in [0.3, 0.4) is 0 Å². The van der Waals surface area contributed by atoms with E-state index in [1.807, 2.05) is 106 Å². The van der Waals surface area contributed by atoms with Gasteiger partial charge < -0.3 is 4.98 Å². The smallest absolute Gasteiger partial charge is 0 e. The van der Waals surface area contributed by atoms with Gasteiger partial charge in [0.1, 0.15) is 0 Å². The molecule has 28 heavy (non-hydrogen) atoms. The van der Waals surface area contributed by atoms with Crippen LogP contribution in [0.15, 0.2) is 97.2 Å². The molecule has 0 aliphatic heterocycles. The number of rotatable bonds is 0. The van der Waals surface area contributed by atoms with Crippen molar-refractivity contribution in [2.45, 2.75) is 20.8 Å². The summed E-state index contributed by atoms with van der Waals surface area (Å²) >= 11 is 0. The first-order valence-corrected chi connectivity index (χ1v) is 8.75. The molecule has 0 saturated heterocycles. The number of benzene rings is 3. The van der Waals surface area contributed by atoms with Crippen molar-refractivity contribution in [3.8, 4) is 0 Å². The third-order valence-corrected chi connectivity index (χ3v) is 3.11. The second-order valence-corrected chi connectivity index (χ2v) is 5.60. The molecule has 4 aromatic rings. The number of hydrogen-bond acceptors (Lipinski definition) is 1. The van der Waals surface area contributed by atoms with Gasteiger partial charge in [-0.15, -0.1) is 0 Å². The van der Waals surface area contributed by atoms with Gasteiger partial charge in [-0.3, -0.25) is 0 Å². The standard InChI is InChI=1S/3C7H7.C5H4N.Ir/c3*1-7-5-3-2-4-6-7;1-2-4-6-5-3-1;/h3*2-5H,1H3;1-4H;/q4*-1;. The second kappa shape index (κ2) is 17.9. The predicted molar refractivity (Wildman–Crippen MR) is 113 cm³/mol. The van der Waals surface area contributed by atoms with Gasteiger partial charge in [0.05, 0.1) is 0 Å². The number of pyridine rings is 1. The van der Waals surface area contributed by atoms with Crippen LogP contribution in [-0.2, 0) is 20.1 Å². The van der Waals surface area contributed by atoms with Crippen LogP contribution in [-0.4, -0.2) is 4.98 Å². The Morgan fingerprint density at radius 3 is 1.04 bits per heavy atom. The molecule has 0 unspecified atom stereocenters. The van der Waals surface area contributed by atoms with Crippen LogP contribution >= 0.6 is 0 Å². The molecular weight excluding hydrogens is 519 g/mol. The fourth-order valence-electron chi connectivity index (χ4n) is 1.73. The Morgan fingerprint density at radius 1 is 0.536 bits per heavy atom. The maximum Gasteiger partial charge on any atom is 0 e. The van der Waals surface area contributed by atoms with E-state index in [0.29, 0.717) is 0 Å². The Labute approximate surface area is 183 Å². The maximum atomic E-state index is 3.66. The van der Waals surface area contributed by atoms with Crippen molar-refractivity contribution >= 4 is 0 Å². The van der Waals surface area contributed by atoms with Gasteiger partial charge in [0.25, 0.3) is 0 Å². The average molecular weight is 544 g/mol. The van der Waals surface area contributed by atoms with Gasteiger partial charge in [0.2, 0.25) is 0 Å². The third-order valence-electron chi connectivity index (χ3n) is 3.11. The van der Waals surface area contributed by atoms with Gasteiger partial charge in [-0.25, -0.2) is 0 Å². The quantitative estimate of drug-likeness (QED) is 0.239. The largest absolute Gasteiger partial charge is 0.394 e. The second-order valence-electron chi connectivity index (χ2n) is 5.60. The fourth-order valence-corrected chi connectivity index (χ4v) is 1.73. The molecule has 0 fully saturated rings. The average Bonchev–Trinajstić information content (AvgIpc) is 2.73. The van der Waals surface area contributed by atoms with Crippen molar-refractivity contribution in [3.63, 3.8) is 0 Å². The van der Waals surface area contributed by atoms with Crippen LogP contribution in [0.4, 0.5) is 0 Å². The van der Waals surface area contributed by atoms with E-state index in [1.54, 1.807) is 12.3 Å². The zero-order chi connectivity index (χ0) is 19.6. The van der Waals surface area contributed by atoms with Crippen LogP contribution in [0.1, 0.15) is 16.7 Å². The zero-order valence-corrected chi connectivity index (χ0v) is 18.9. The first-order chi connectivity index (χ1) is 13.2. The van der Waals surface area contributed by atoms with Crippen LogP contribution in [0.5, 0.6) is 0 Å². The van der Waals surface area contributed by atoms with Crippen LogP contribution in [0, 0.1) is 45.2 Å². The zero-order valence-electron chi connectivity index (χ0n) is 16.5. The molecular formula is C26H25IrN-4. The van der Waals surface area contributed by atoms with Crippen molar-refractivity contribution in [2.75, 3.05) is 0 Å². The van der Waals surface area contributed by atoms with Crippen molar-refractivity contribution < 1.29 is 20.1 Å². The van der Waals surface area contributed by atoms with Crippen molar-refractivity contribution in [1.82, 2.24) is 4.98 Å². The van der Waals surface area contributed by atoms with E-state index in [4.69, 9.17) is 0 Å². The van der Waals surface area contributed by atoms with Crippen molar-refractivity contribution in [2.24, 2.45) is 0 Å². The number of aryl methyl sites for hydroxylation is 3. The molecule has 0 N–H and O–H groups in total. The monoisotopic (exact) mass is 544 g/mol. The molecule has 1 heterocycles. The first kappa shape index (κ1) is 25.5. The van der Waals surface area contributed by atoms with Gasteiger partial charge >= 0.3 is 0 Å². The molecule has 0 saturated carbocycles. The van der Waals surface area contributed by atoms with Crippen LogP contribution < -0.4 is 0 Å². The minimum Gasteiger partial charge on any atom is -0.394 e. The molecule has 3 aromatic carbocycles. The summed E-state index contributed by atoms with van der Waals surface area (Å²) in [4.78, 5) is 3.66. The van der Waals surface area contributed by atoms with E-state index in [2.05, 4.69) is 29.4 Å². The molecule has 0 aliphatic rings. The third kappa shape index (κ3) is 15.7. The Kier molecular flexibility index (Phi) is 16.2. The van der Waals surface area contributed by atoms with E-state index < -0.39 is 0 Å². The van der Waals surface area contributed by atoms with E-state index in [1.165, 1.54) is 16.7 Å². The van der Waals surface area contributed by atoms with Gasteiger partial charge in [-0.2, -0.15) is 126 Å². The molecule has 0 spiro atoms. The van der Waals surface area contributed by atoms with Crippen molar-refractivity contribution in [1.29, 1.82) is 0 Å². The molecule has 147 valence electrons.